The van der Waals surface area contributed by atoms with Crippen molar-refractivity contribution < 1.29 is 9.59 Å². The second kappa shape index (κ2) is 6.33. The molecule has 0 aliphatic carbocycles. The fourth-order valence-corrected chi connectivity index (χ4v) is 3.33. The summed E-state index contributed by atoms with van der Waals surface area (Å²) in [6, 6.07) is 0. The van der Waals surface area contributed by atoms with Gasteiger partial charge in [-0.3, -0.25) is 9.59 Å². The van der Waals surface area contributed by atoms with Gasteiger partial charge in [-0.05, 0) is 0 Å². The fourth-order valence-electron chi connectivity index (χ4n) is 1.66. The van der Waals surface area contributed by atoms with E-state index in [0.29, 0.717) is 31.7 Å². The third-order valence-corrected chi connectivity index (χ3v) is 4.98. The Kier molecular flexibility index (Phi) is 4.76. The monoisotopic (exact) mass is 300 g/mol. The number of piperidine rings is 1. The van der Waals surface area contributed by atoms with Gasteiger partial charge in [0.25, 0.3) is 0 Å². The number of nitrogens with zero attached hydrogens (tertiary/aromatic N) is 4. The Morgan fingerprint density at radius 3 is 2.63 bits per heavy atom. The van der Waals surface area contributed by atoms with Crippen LogP contribution in [-0.4, -0.2) is 59.7 Å². The molecular formula is C11H16N4O2S2. The van der Waals surface area contributed by atoms with Gasteiger partial charge in [0.1, 0.15) is 5.78 Å². The third-order valence-electron chi connectivity index (χ3n) is 2.77. The Morgan fingerprint density at radius 1 is 1.37 bits per heavy atom. The van der Waals surface area contributed by atoms with Crippen molar-refractivity contribution in [3.63, 3.8) is 0 Å². The maximum absolute atomic E-state index is 12.0. The maximum atomic E-state index is 12.0. The summed E-state index contributed by atoms with van der Waals surface area (Å²) < 4.78 is 0.796. The standard InChI is InChI=1S/C11H16N4O2S2/c1-14(2)10-12-13-11(19-10)18-7-9(17)15-5-3-8(16)4-6-15/h3-7H2,1-2H3. The van der Waals surface area contributed by atoms with Crippen molar-refractivity contribution in [1.82, 2.24) is 15.1 Å². The van der Waals surface area contributed by atoms with Gasteiger partial charge in [0.15, 0.2) is 4.34 Å². The number of carbonyl (C=O) groups excluding carboxylic acids is 2. The molecule has 1 aromatic rings. The summed E-state index contributed by atoms with van der Waals surface area (Å²) in [6.07, 6.45) is 0.972. The summed E-state index contributed by atoms with van der Waals surface area (Å²) in [7, 11) is 3.82. The van der Waals surface area contributed by atoms with Crippen LogP contribution in [0.5, 0.6) is 0 Å². The highest BCUT2D eigenvalue weighted by atomic mass is 32.2. The quantitative estimate of drug-likeness (QED) is 0.769. The molecule has 2 heterocycles. The van der Waals surface area contributed by atoms with Crippen molar-refractivity contribution >= 4 is 39.9 Å². The largest absolute Gasteiger partial charge is 0.353 e. The lowest BCUT2D eigenvalue weighted by Gasteiger charge is -2.25. The average Bonchev–Trinajstić information content (AvgIpc) is 2.86. The Balaban J connectivity index is 1.81. The van der Waals surface area contributed by atoms with Crippen LogP contribution in [0.3, 0.4) is 0 Å². The number of thioether (sulfide) groups is 1. The van der Waals surface area contributed by atoms with Crippen molar-refractivity contribution in [2.24, 2.45) is 0 Å². The summed E-state index contributed by atoms with van der Waals surface area (Å²) >= 11 is 2.88. The molecule has 19 heavy (non-hydrogen) atoms. The minimum absolute atomic E-state index is 0.0686. The normalized spacial score (nSPS) is 15.7. The molecule has 0 spiro atoms. The SMILES string of the molecule is CN(C)c1nnc(SCC(=O)N2CCC(=O)CC2)s1. The first kappa shape index (κ1) is 14.3. The fraction of sp³-hybridized carbons (Fsp3) is 0.636. The average molecular weight is 300 g/mol. The van der Waals surface area contributed by atoms with Crippen LogP contribution in [0.1, 0.15) is 12.8 Å². The Bertz CT molecular complexity index is 465. The molecule has 8 heteroatoms. The highest BCUT2D eigenvalue weighted by Gasteiger charge is 2.21. The van der Waals surface area contributed by atoms with E-state index in [4.69, 9.17) is 0 Å². The van der Waals surface area contributed by atoms with E-state index in [9.17, 15) is 9.59 Å². The molecule has 1 aliphatic heterocycles. The summed E-state index contributed by atoms with van der Waals surface area (Å²) in [5.41, 5.74) is 0. The van der Waals surface area contributed by atoms with Crippen LogP contribution in [-0.2, 0) is 9.59 Å². The lowest BCUT2D eigenvalue weighted by molar-refractivity contribution is -0.132. The van der Waals surface area contributed by atoms with Gasteiger partial charge in [-0.25, -0.2) is 0 Å². The van der Waals surface area contributed by atoms with E-state index >= 15 is 0 Å². The van der Waals surface area contributed by atoms with E-state index in [1.165, 1.54) is 23.1 Å². The Morgan fingerprint density at radius 2 is 2.05 bits per heavy atom. The Labute approximate surface area is 120 Å². The van der Waals surface area contributed by atoms with Crippen LogP contribution >= 0.6 is 23.1 Å². The maximum Gasteiger partial charge on any atom is 0.233 e. The molecule has 6 nitrogen and oxygen atoms in total. The second-order valence-electron chi connectivity index (χ2n) is 4.45. The van der Waals surface area contributed by atoms with Gasteiger partial charge in [-0.15, -0.1) is 10.2 Å². The van der Waals surface area contributed by atoms with Gasteiger partial charge in [-0.1, -0.05) is 23.1 Å². The van der Waals surface area contributed by atoms with Gasteiger partial charge < -0.3 is 9.80 Å². The van der Waals surface area contributed by atoms with E-state index in [-0.39, 0.29) is 11.7 Å². The van der Waals surface area contributed by atoms with Gasteiger partial charge in [0.2, 0.25) is 11.0 Å². The predicted octanol–water partition coefficient (Wildman–Crippen LogP) is 0.888. The molecule has 0 bridgehead atoms. The Hall–Kier alpha value is -1.15. The number of likely N-dealkylation sites (tertiary alicyclic amines) is 1. The van der Waals surface area contributed by atoms with Crippen LogP contribution in [0, 0.1) is 0 Å². The summed E-state index contributed by atoms with van der Waals surface area (Å²) in [6.45, 7) is 1.11. The van der Waals surface area contributed by atoms with Gasteiger partial charge in [0.05, 0.1) is 5.75 Å². The molecule has 2 rings (SSSR count). The number of amides is 1. The van der Waals surface area contributed by atoms with E-state index in [1.54, 1.807) is 4.90 Å². The topological polar surface area (TPSA) is 66.4 Å². The number of carbonyl (C=O) groups is 2. The number of hydrogen-bond donors (Lipinski definition) is 0. The number of rotatable bonds is 4. The minimum atomic E-state index is 0.0686. The van der Waals surface area contributed by atoms with E-state index in [2.05, 4.69) is 10.2 Å². The smallest absolute Gasteiger partial charge is 0.233 e. The zero-order valence-corrected chi connectivity index (χ0v) is 12.6. The van der Waals surface area contributed by atoms with Crippen LogP contribution < -0.4 is 4.90 Å². The molecule has 1 saturated heterocycles. The van der Waals surface area contributed by atoms with Crippen molar-refractivity contribution in [3.8, 4) is 0 Å². The molecule has 104 valence electrons. The third kappa shape index (κ3) is 3.90. The molecule has 0 unspecified atom stereocenters. The molecule has 1 fully saturated rings. The summed E-state index contributed by atoms with van der Waals surface area (Å²) in [5, 5.41) is 8.88. The zero-order valence-electron chi connectivity index (χ0n) is 11.0. The number of Topliss-reactive ketones (excluding diaryl/α,β-unsaturated/α-hetero) is 1. The van der Waals surface area contributed by atoms with Crippen molar-refractivity contribution in [3.05, 3.63) is 0 Å². The zero-order chi connectivity index (χ0) is 13.8. The van der Waals surface area contributed by atoms with Crippen molar-refractivity contribution in [1.29, 1.82) is 0 Å². The van der Waals surface area contributed by atoms with Gasteiger partial charge in [-0.2, -0.15) is 0 Å². The first-order chi connectivity index (χ1) is 9.06. The molecule has 1 aliphatic rings. The van der Waals surface area contributed by atoms with Crippen molar-refractivity contribution in [2.45, 2.75) is 17.2 Å². The predicted molar refractivity (Wildman–Crippen MR) is 75.8 cm³/mol. The summed E-state index contributed by atoms with van der Waals surface area (Å²) in [4.78, 5) is 26.7. The van der Waals surface area contributed by atoms with Crippen LogP contribution in [0.2, 0.25) is 0 Å². The molecule has 1 aromatic heterocycles. The highest BCUT2D eigenvalue weighted by molar-refractivity contribution is 8.01. The molecule has 1 amide bonds. The van der Waals surface area contributed by atoms with Crippen LogP contribution in [0.25, 0.3) is 0 Å². The molecule has 0 radical (unpaired) electrons. The lowest BCUT2D eigenvalue weighted by Crippen LogP contribution is -2.39. The van der Waals surface area contributed by atoms with E-state index < -0.39 is 0 Å². The van der Waals surface area contributed by atoms with Crippen LogP contribution in [0.4, 0.5) is 5.13 Å². The first-order valence-electron chi connectivity index (χ1n) is 5.99. The van der Waals surface area contributed by atoms with Gasteiger partial charge >= 0.3 is 0 Å². The number of hydrogen-bond acceptors (Lipinski definition) is 7. The minimum Gasteiger partial charge on any atom is -0.353 e. The second-order valence-corrected chi connectivity index (χ2v) is 6.63. The molecule has 0 saturated carbocycles. The molecule has 0 atom stereocenters. The molecule has 0 N–H and O–H groups in total. The van der Waals surface area contributed by atoms with Gasteiger partial charge in [0, 0.05) is 40.0 Å². The number of anilines is 1. The number of ketones is 1. The summed E-state index contributed by atoms with van der Waals surface area (Å²) in [5.74, 6) is 0.673. The van der Waals surface area contributed by atoms with Crippen LogP contribution in [0.15, 0.2) is 4.34 Å². The first-order valence-corrected chi connectivity index (χ1v) is 7.79. The molecular weight excluding hydrogens is 284 g/mol. The lowest BCUT2D eigenvalue weighted by atomic mass is 10.1. The number of aromatic nitrogens is 2. The highest BCUT2D eigenvalue weighted by Crippen LogP contribution is 2.27. The van der Waals surface area contributed by atoms with Crippen molar-refractivity contribution in [2.75, 3.05) is 37.8 Å². The van der Waals surface area contributed by atoms with E-state index in [0.717, 1.165) is 9.47 Å². The van der Waals surface area contributed by atoms with E-state index in [1.807, 2.05) is 19.0 Å². The molecule has 0 aromatic carbocycles.